The average molecular weight is 340 g/mol. The summed E-state index contributed by atoms with van der Waals surface area (Å²) in [5.41, 5.74) is 0.807. The Bertz CT molecular complexity index is 788. The molecule has 6 heteroatoms. The lowest BCUT2D eigenvalue weighted by atomic mass is 9.96. The van der Waals surface area contributed by atoms with Gasteiger partial charge in [0, 0.05) is 38.4 Å². The number of carbonyl (C=O) groups is 1. The van der Waals surface area contributed by atoms with Gasteiger partial charge in [0.15, 0.2) is 0 Å². The molecule has 6 nitrogen and oxygen atoms in total. The first kappa shape index (κ1) is 17.2. The lowest BCUT2D eigenvalue weighted by molar-refractivity contribution is -0.122. The van der Waals surface area contributed by atoms with Crippen LogP contribution >= 0.6 is 0 Å². The van der Waals surface area contributed by atoms with Gasteiger partial charge in [-0.3, -0.25) is 9.59 Å². The number of carbonyl (C=O) groups excluding carboxylic acids is 1. The third-order valence-corrected chi connectivity index (χ3v) is 4.69. The van der Waals surface area contributed by atoms with Crippen molar-refractivity contribution in [3.63, 3.8) is 0 Å². The highest BCUT2D eigenvalue weighted by Crippen LogP contribution is 2.25. The number of hydrogen-bond acceptors (Lipinski definition) is 4. The number of amides is 1. The Labute approximate surface area is 147 Å². The molecule has 0 saturated carbocycles. The largest absolute Gasteiger partial charge is 0.354 e. The van der Waals surface area contributed by atoms with Gasteiger partial charge < -0.3 is 9.80 Å². The van der Waals surface area contributed by atoms with Gasteiger partial charge in [-0.15, -0.1) is 0 Å². The summed E-state index contributed by atoms with van der Waals surface area (Å²) in [5, 5.41) is 4.32. The Morgan fingerprint density at radius 3 is 2.68 bits per heavy atom. The Hall–Kier alpha value is -2.63. The predicted molar refractivity (Wildman–Crippen MR) is 98.9 cm³/mol. The summed E-state index contributed by atoms with van der Waals surface area (Å²) in [5.74, 6) is 0.846. The molecule has 1 aromatic carbocycles. The van der Waals surface area contributed by atoms with E-state index in [-0.39, 0.29) is 17.4 Å². The van der Waals surface area contributed by atoms with Crippen LogP contribution in [-0.4, -0.2) is 35.3 Å². The first-order valence-corrected chi connectivity index (χ1v) is 8.76. The zero-order valence-electron chi connectivity index (χ0n) is 14.8. The first-order valence-electron chi connectivity index (χ1n) is 8.76. The van der Waals surface area contributed by atoms with Crippen molar-refractivity contribution in [3.8, 4) is 0 Å². The van der Waals surface area contributed by atoms with Gasteiger partial charge in [0.05, 0.1) is 5.92 Å². The number of hydrogen-bond donors (Lipinski definition) is 0. The smallest absolute Gasteiger partial charge is 0.266 e. The fraction of sp³-hybridized carbons (Fsp3) is 0.421. The van der Waals surface area contributed by atoms with E-state index in [4.69, 9.17) is 0 Å². The van der Waals surface area contributed by atoms with Crippen molar-refractivity contribution in [2.75, 3.05) is 29.4 Å². The van der Waals surface area contributed by atoms with Crippen LogP contribution in [-0.2, 0) is 11.8 Å². The molecule has 1 aliphatic rings. The second-order valence-electron chi connectivity index (χ2n) is 6.36. The summed E-state index contributed by atoms with van der Waals surface area (Å²) < 4.78 is 1.34. The van der Waals surface area contributed by atoms with Crippen molar-refractivity contribution >= 4 is 17.4 Å². The number of aromatic nitrogens is 2. The molecule has 1 saturated heterocycles. The molecule has 2 heterocycles. The summed E-state index contributed by atoms with van der Waals surface area (Å²) in [6, 6.07) is 13.1. The zero-order chi connectivity index (χ0) is 17.8. The number of rotatable bonds is 4. The van der Waals surface area contributed by atoms with Crippen LogP contribution in [0.4, 0.5) is 11.5 Å². The molecule has 1 aliphatic heterocycles. The summed E-state index contributed by atoms with van der Waals surface area (Å²) in [6.07, 6.45) is 1.82. The highest BCUT2D eigenvalue weighted by molar-refractivity contribution is 5.95. The van der Waals surface area contributed by atoms with Crippen molar-refractivity contribution in [3.05, 3.63) is 52.8 Å². The van der Waals surface area contributed by atoms with E-state index in [1.165, 1.54) is 10.7 Å². The second-order valence-corrected chi connectivity index (χ2v) is 6.36. The molecular weight excluding hydrogens is 316 g/mol. The van der Waals surface area contributed by atoms with E-state index < -0.39 is 0 Å². The molecule has 25 heavy (non-hydrogen) atoms. The van der Waals surface area contributed by atoms with Gasteiger partial charge in [0.25, 0.3) is 5.56 Å². The Morgan fingerprint density at radius 1 is 1.24 bits per heavy atom. The highest BCUT2D eigenvalue weighted by atomic mass is 16.2. The third-order valence-electron chi connectivity index (χ3n) is 4.69. The fourth-order valence-electron chi connectivity index (χ4n) is 3.34. The number of para-hydroxylation sites is 1. The third kappa shape index (κ3) is 3.73. The lowest BCUT2D eigenvalue weighted by Crippen LogP contribution is -2.45. The van der Waals surface area contributed by atoms with Crippen LogP contribution in [0.25, 0.3) is 0 Å². The molecule has 0 spiro atoms. The number of piperidine rings is 1. The van der Waals surface area contributed by atoms with Gasteiger partial charge in [-0.05, 0) is 38.0 Å². The Kier molecular flexibility index (Phi) is 5.16. The molecule has 3 rings (SSSR count). The Balaban J connectivity index is 1.77. The minimum atomic E-state index is -0.130. The topological polar surface area (TPSA) is 58.4 Å². The number of anilines is 2. The normalized spacial score (nSPS) is 17.4. The molecule has 132 valence electrons. The van der Waals surface area contributed by atoms with Crippen LogP contribution in [0.1, 0.15) is 19.8 Å². The number of benzene rings is 1. The minimum Gasteiger partial charge on any atom is -0.354 e. The van der Waals surface area contributed by atoms with Crippen LogP contribution < -0.4 is 15.4 Å². The monoisotopic (exact) mass is 340 g/mol. The molecule has 0 N–H and O–H groups in total. The summed E-state index contributed by atoms with van der Waals surface area (Å²) in [7, 11) is 1.65. The molecular formula is C19H24N4O2. The molecule has 1 aromatic heterocycles. The van der Waals surface area contributed by atoms with E-state index in [2.05, 4.69) is 10.00 Å². The van der Waals surface area contributed by atoms with Gasteiger partial charge in [0.1, 0.15) is 5.82 Å². The summed E-state index contributed by atoms with van der Waals surface area (Å²) in [4.78, 5) is 28.5. The van der Waals surface area contributed by atoms with E-state index >= 15 is 0 Å². The molecule has 0 bridgehead atoms. The van der Waals surface area contributed by atoms with Crippen LogP contribution in [0.2, 0.25) is 0 Å². The number of aryl methyl sites for hydroxylation is 1. The molecule has 1 amide bonds. The maximum absolute atomic E-state index is 13.1. The van der Waals surface area contributed by atoms with Gasteiger partial charge in [0.2, 0.25) is 5.91 Å². The Morgan fingerprint density at radius 2 is 2.00 bits per heavy atom. The quantitative estimate of drug-likeness (QED) is 0.855. The van der Waals surface area contributed by atoms with Crippen molar-refractivity contribution in [1.82, 2.24) is 9.78 Å². The fourth-order valence-corrected chi connectivity index (χ4v) is 3.34. The number of nitrogens with zero attached hydrogens (tertiary/aromatic N) is 4. The van der Waals surface area contributed by atoms with Crippen molar-refractivity contribution in [2.24, 2.45) is 13.0 Å². The van der Waals surface area contributed by atoms with E-state index in [0.29, 0.717) is 13.1 Å². The van der Waals surface area contributed by atoms with Gasteiger partial charge in [-0.2, -0.15) is 5.10 Å². The van der Waals surface area contributed by atoms with Crippen molar-refractivity contribution in [1.29, 1.82) is 0 Å². The zero-order valence-corrected chi connectivity index (χ0v) is 14.8. The molecule has 0 radical (unpaired) electrons. The van der Waals surface area contributed by atoms with E-state index in [1.807, 2.05) is 42.2 Å². The molecule has 0 unspecified atom stereocenters. The summed E-state index contributed by atoms with van der Waals surface area (Å²) >= 11 is 0. The highest BCUT2D eigenvalue weighted by Gasteiger charge is 2.30. The van der Waals surface area contributed by atoms with Crippen LogP contribution in [0, 0.1) is 5.92 Å². The van der Waals surface area contributed by atoms with Crippen LogP contribution in [0.15, 0.2) is 47.3 Å². The second kappa shape index (κ2) is 7.51. The maximum atomic E-state index is 13.1. The average Bonchev–Trinajstić information content (AvgIpc) is 2.65. The summed E-state index contributed by atoms with van der Waals surface area (Å²) in [6.45, 7) is 4.14. The standard InChI is InChI=1S/C19H24N4O2/c1-3-23(16-9-5-4-6-10-16)19(25)15-8-7-13-22(14-15)17-11-12-18(24)21(2)20-17/h4-6,9-12,15H,3,7-8,13-14H2,1-2H3/t15-/m0/s1. The molecule has 1 fully saturated rings. The SMILES string of the molecule is CCN(C(=O)[C@H]1CCCN(c2ccc(=O)n(C)n2)C1)c1ccccc1. The van der Waals surface area contributed by atoms with Gasteiger partial charge in [-0.1, -0.05) is 18.2 Å². The van der Waals surface area contributed by atoms with Crippen LogP contribution in [0.5, 0.6) is 0 Å². The molecule has 2 aromatic rings. The van der Waals surface area contributed by atoms with Crippen molar-refractivity contribution in [2.45, 2.75) is 19.8 Å². The van der Waals surface area contributed by atoms with Gasteiger partial charge in [-0.25, -0.2) is 4.68 Å². The molecule has 1 atom stereocenters. The van der Waals surface area contributed by atoms with E-state index in [0.717, 1.165) is 30.9 Å². The van der Waals surface area contributed by atoms with Crippen LogP contribution in [0.3, 0.4) is 0 Å². The van der Waals surface area contributed by atoms with E-state index in [9.17, 15) is 9.59 Å². The van der Waals surface area contributed by atoms with Gasteiger partial charge >= 0.3 is 0 Å². The maximum Gasteiger partial charge on any atom is 0.266 e. The van der Waals surface area contributed by atoms with Crippen molar-refractivity contribution < 1.29 is 4.79 Å². The lowest BCUT2D eigenvalue weighted by Gasteiger charge is -2.35. The predicted octanol–water partition coefficient (Wildman–Crippen LogP) is 2.05. The first-order chi connectivity index (χ1) is 12.1. The van der Waals surface area contributed by atoms with E-state index in [1.54, 1.807) is 13.1 Å². The minimum absolute atomic E-state index is 0.0621. The molecule has 0 aliphatic carbocycles.